The van der Waals surface area contributed by atoms with Crippen molar-refractivity contribution in [3.05, 3.63) is 47.0 Å². The van der Waals surface area contributed by atoms with Crippen LogP contribution in [0.25, 0.3) is 22.2 Å². The molecule has 1 heterocycles. The lowest BCUT2D eigenvalue weighted by Crippen LogP contribution is -2.10. The van der Waals surface area contributed by atoms with Crippen molar-refractivity contribution in [3.8, 4) is 11.4 Å². The van der Waals surface area contributed by atoms with E-state index in [4.69, 9.17) is 18.1 Å². The maximum Gasteiger partial charge on any atom is 0.214 e. The number of aromatic amines is 1. The van der Waals surface area contributed by atoms with Gasteiger partial charge in [0.15, 0.2) is 5.82 Å². The smallest absolute Gasteiger partial charge is 0.214 e. The van der Waals surface area contributed by atoms with E-state index in [1.54, 1.807) is 18.2 Å². The van der Waals surface area contributed by atoms with E-state index < -0.39 is 0 Å². The Balaban J connectivity index is 2.40. The molecule has 0 spiro atoms. The van der Waals surface area contributed by atoms with Gasteiger partial charge in [-0.2, -0.15) is 5.10 Å². The van der Waals surface area contributed by atoms with Crippen LogP contribution in [0.4, 0.5) is 4.39 Å². The van der Waals surface area contributed by atoms with Gasteiger partial charge in [-0.3, -0.25) is 0 Å². The van der Waals surface area contributed by atoms with E-state index in [-0.39, 0.29) is 5.82 Å². The Morgan fingerprint density at radius 3 is 2.56 bits per heavy atom. The number of H-pyrrole nitrogens is 1. The Morgan fingerprint density at radius 2 is 1.89 bits per heavy atom. The van der Waals surface area contributed by atoms with Gasteiger partial charge in [-0.05, 0) is 29.7 Å². The molecule has 2 aromatic carbocycles. The molecule has 3 aromatic rings. The van der Waals surface area contributed by atoms with Crippen LogP contribution in [0, 0.1) is 10.6 Å². The van der Waals surface area contributed by atoms with Crippen LogP contribution in [0.3, 0.4) is 0 Å². The zero-order valence-electron chi connectivity index (χ0n) is 9.22. The van der Waals surface area contributed by atoms with Crippen molar-refractivity contribution in [2.24, 2.45) is 0 Å². The average molecular weight is 260 g/mol. The van der Waals surface area contributed by atoms with Gasteiger partial charge in [0, 0.05) is 10.9 Å². The number of nitrogens with two attached hydrogens (primary N) is 1. The van der Waals surface area contributed by atoms with Crippen LogP contribution < -0.4 is 5.84 Å². The predicted octanol–water partition coefficient (Wildman–Crippen LogP) is 2.61. The summed E-state index contributed by atoms with van der Waals surface area (Å²) in [6.07, 6.45) is 0. The Labute approximate surface area is 107 Å². The molecule has 0 unspecified atom stereocenters. The van der Waals surface area contributed by atoms with Gasteiger partial charge in [0.25, 0.3) is 0 Å². The van der Waals surface area contributed by atoms with E-state index in [2.05, 4.69) is 10.2 Å². The number of nitrogen functional groups attached to an aromatic ring is 1. The van der Waals surface area contributed by atoms with Crippen LogP contribution in [0.1, 0.15) is 0 Å². The molecule has 1 aromatic heterocycles. The molecule has 0 aliphatic heterocycles. The molecule has 4 nitrogen and oxygen atoms in total. The second-order valence-corrected chi connectivity index (χ2v) is 4.25. The number of hydrogen-bond acceptors (Lipinski definition) is 3. The molecular weight excluding hydrogens is 251 g/mol. The lowest BCUT2D eigenvalue weighted by atomic mass is 10.0. The van der Waals surface area contributed by atoms with Crippen molar-refractivity contribution in [2.45, 2.75) is 0 Å². The topological polar surface area (TPSA) is 59.6 Å². The molecule has 90 valence electrons. The minimum atomic E-state index is -0.271. The number of benzene rings is 2. The number of rotatable bonds is 1. The van der Waals surface area contributed by atoms with Gasteiger partial charge in [0.2, 0.25) is 4.77 Å². The normalized spacial score (nSPS) is 10.9. The summed E-state index contributed by atoms with van der Waals surface area (Å²) in [7, 11) is 0. The fourth-order valence-electron chi connectivity index (χ4n) is 1.95. The summed E-state index contributed by atoms with van der Waals surface area (Å²) >= 11 is 4.97. The fraction of sp³-hybridized carbons (Fsp3) is 0. The van der Waals surface area contributed by atoms with E-state index in [1.165, 1.54) is 10.7 Å². The lowest BCUT2D eigenvalue weighted by Gasteiger charge is -2.06. The predicted molar refractivity (Wildman–Crippen MR) is 70.5 cm³/mol. The maximum atomic E-state index is 13.7. The first-order valence-electron chi connectivity index (χ1n) is 5.28. The number of hydrogen-bond donors (Lipinski definition) is 2. The van der Waals surface area contributed by atoms with Gasteiger partial charge in [-0.1, -0.05) is 24.3 Å². The molecule has 6 heteroatoms. The van der Waals surface area contributed by atoms with Gasteiger partial charge >= 0.3 is 0 Å². The number of fused-ring (bicyclic) bond motifs is 1. The van der Waals surface area contributed by atoms with Crippen LogP contribution in [0.2, 0.25) is 0 Å². The van der Waals surface area contributed by atoms with Gasteiger partial charge in [-0.25, -0.2) is 14.2 Å². The molecule has 0 aliphatic carbocycles. The molecular formula is C12H9FN4S. The maximum absolute atomic E-state index is 13.7. The second-order valence-electron chi connectivity index (χ2n) is 3.86. The van der Waals surface area contributed by atoms with Crippen LogP contribution >= 0.6 is 12.2 Å². The zero-order valence-corrected chi connectivity index (χ0v) is 10.0. The first-order chi connectivity index (χ1) is 8.68. The van der Waals surface area contributed by atoms with Crippen LogP contribution in [-0.4, -0.2) is 14.9 Å². The minimum Gasteiger partial charge on any atom is -0.335 e. The SMILES string of the molecule is Nn1c(-c2ccc(F)c3ccccc23)n[nH]c1=S. The van der Waals surface area contributed by atoms with E-state index in [9.17, 15) is 4.39 Å². The summed E-state index contributed by atoms with van der Waals surface area (Å²) < 4.78 is 15.3. The zero-order chi connectivity index (χ0) is 12.7. The molecule has 0 radical (unpaired) electrons. The molecule has 0 atom stereocenters. The Morgan fingerprint density at radius 1 is 1.17 bits per heavy atom. The second kappa shape index (κ2) is 3.92. The first-order valence-corrected chi connectivity index (χ1v) is 5.69. The molecule has 0 saturated carbocycles. The molecule has 0 bridgehead atoms. The largest absolute Gasteiger partial charge is 0.335 e. The Bertz CT molecular complexity index is 790. The molecule has 0 aliphatic rings. The van der Waals surface area contributed by atoms with Gasteiger partial charge in [0.05, 0.1) is 0 Å². The molecule has 0 amide bonds. The third-order valence-corrected chi connectivity index (χ3v) is 3.10. The number of aromatic nitrogens is 3. The van der Waals surface area contributed by atoms with Crippen LogP contribution in [0.5, 0.6) is 0 Å². The van der Waals surface area contributed by atoms with Crippen molar-refractivity contribution in [3.63, 3.8) is 0 Å². The van der Waals surface area contributed by atoms with Crippen molar-refractivity contribution < 1.29 is 4.39 Å². The fourth-order valence-corrected chi connectivity index (χ4v) is 2.08. The summed E-state index contributed by atoms with van der Waals surface area (Å²) in [5.41, 5.74) is 0.738. The highest BCUT2D eigenvalue weighted by molar-refractivity contribution is 7.71. The third kappa shape index (κ3) is 1.50. The summed E-state index contributed by atoms with van der Waals surface area (Å²) in [4.78, 5) is 0. The van der Waals surface area contributed by atoms with E-state index in [0.717, 1.165) is 10.9 Å². The van der Waals surface area contributed by atoms with Crippen LogP contribution in [-0.2, 0) is 0 Å². The first kappa shape index (κ1) is 10.9. The molecule has 3 rings (SSSR count). The van der Waals surface area contributed by atoms with Gasteiger partial charge < -0.3 is 5.84 Å². The highest BCUT2D eigenvalue weighted by Crippen LogP contribution is 2.28. The molecule has 3 N–H and O–H groups in total. The van der Waals surface area contributed by atoms with Crippen LogP contribution in [0.15, 0.2) is 36.4 Å². The third-order valence-electron chi connectivity index (χ3n) is 2.82. The van der Waals surface area contributed by atoms with E-state index >= 15 is 0 Å². The van der Waals surface area contributed by atoms with Crippen molar-refractivity contribution >= 4 is 23.0 Å². The summed E-state index contributed by atoms with van der Waals surface area (Å²) in [6, 6.07) is 10.2. The summed E-state index contributed by atoms with van der Waals surface area (Å²) in [5, 5.41) is 7.96. The minimum absolute atomic E-state index is 0.271. The van der Waals surface area contributed by atoms with Gasteiger partial charge in [-0.15, -0.1) is 0 Å². The highest BCUT2D eigenvalue weighted by Gasteiger charge is 2.12. The quantitative estimate of drug-likeness (QED) is 0.522. The summed E-state index contributed by atoms with van der Waals surface area (Å²) in [5.74, 6) is 6.00. The molecule has 18 heavy (non-hydrogen) atoms. The molecule has 0 saturated heterocycles. The Kier molecular flexibility index (Phi) is 2.38. The Hall–Kier alpha value is -2.21. The molecule has 0 fully saturated rings. The summed E-state index contributed by atoms with van der Waals surface area (Å²) in [6.45, 7) is 0. The van der Waals surface area contributed by atoms with Crippen molar-refractivity contribution in [2.75, 3.05) is 5.84 Å². The number of halogens is 1. The van der Waals surface area contributed by atoms with Gasteiger partial charge in [0.1, 0.15) is 5.82 Å². The van der Waals surface area contributed by atoms with Crippen molar-refractivity contribution in [1.29, 1.82) is 0 Å². The monoisotopic (exact) mass is 260 g/mol. The lowest BCUT2D eigenvalue weighted by molar-refractivity contribution is 0.640. The average Bonchev–Trinajstić information content (AvgIpc) is 2.71. The standard InChI is InChI=1S/C12H9FN4S/c13-10-6-5-9(7-3-1-2-4-8(7)10)11-15-16-12(18)17(11)14/h1-6H,14H2,(H,16,18). The number of nitrogens with one attached hydrogen (secondary N) is 1. The highest BCUT2D eigenvalue weighted by atomic mass is 32.1. The van der Waals surface area contributed by atoms with E-state index in [0.29, 0.717) is 16.0 Å². The van der Waals surface area contributed by atoms with Crippen molar-refractivity contribution in [1.82, 2.24) is 14.9 Å². The van der Waals surface area contributed by atoms with E-state index in [1.807, 2.05) is 12.1 Å². The number of nitrogens with zero attached hydrogens (tertiary/aromatic N) is 2.